The minimum atomic E-state index is -1.42. The Bertz CT molecular complexity index is 422. The maximum atomic E-state index is 14.6. The van der Waals surface area contributed by atoms with Gasteiger partial charge in [-0.15, -0.1) is 11.6 Å². The summed E-state index contributed by atoms with van der Waals surface area (Å²) in [4.78, 5) is 0. The number of alkyl halides is 2. The molecule has 0 aromatic rings. The molecular weight excluding hydrogens is 267 g/mol. The van der Waals surface area contributed by atoms with Crippen LogP contribution in [0.5, 0.6) is 0 Å². The summed E-state index contributed by atoms with van der Waals surface area (Å²) in [5.74, 6) is 0. The summed E-state index contributed by atoms with van der Waals surface area (Å²) >= 11 is 6.45. The zero-order valence-corrected chi connectivity index (χ0v) is 12.5. The molecule has 0 radical (unpaired) electrons. The Balaban J connectivity index is 2.29. The van der Waals surface area contributed by atoms with Crippen molar-refractivity contribution in [3.8, 4) is 0 Å². The Morgan fingerprint density at radius 3 is 2.32 bits per heavy atom. The van der Waals surface area contributed by atoms with Gasteiger partial charge in [0.25, 0.3) is 0 Å². The Morgan fingerprint density at radius 1 is 1.32 bits per heavy atom. The van der Waals surface area contributed by atoms with Gasteiger partial charge >= 0.3 is 7.12 Å². The molecule has 3 nitrogen and oxygen atoms in total. The van der Waals surface area contributed by atoms with E-state index in [4.69, 9.17) is 26.6 Å². The van der Waals surface area contributed by atoms with Crippen LogP contribution in [-0.2, 0) is 9.31 Å². The molecule has 1 fully saturated rings. The predicted molar refractivity (Wildman–Crippen MR) is 75.8 cm³/mol. The highest BCUT2D eigenvalue weighted by Crippen LogP contribution is 2.45. The van der Waals surface area contributed by atoms with Crippen molar-refractivity contribution in [2.24, 2.45) is 5.73 Å². The number of rotatable bonds is 2. The standard InChI is InChI=1S/C13H20BClFNO2/c1-11(2)12(3,4)19-14(18-11)13(15)7-5-6-9(8-17)10(13)16/h5-7,10H,8,17H2,1-4H3. The van der Waals surface area contributed by atoms with Gasteiger partial charge in [0.05, 0.1) is 11.2 Å². The summed E-state index contributed by atoms with van der Waals surface area (Å²) in [6, 6.07) is 0. The molecule has 2 rings (SSSR count). The topological polar surface area (TPSA) is 44.5 Å². The van der Waals surface area contributed by atoms with E-state index in [-0.39, 0.29) is 6.54 Å². The van der Waals surface area contributed by atoms with Crippen LogP contribution < -0.4 is 5.73 Å². The van der Waals surface area contributed by atoms with Crippen molar-refractivity contribution in [3.05, 3.63) is 23.8 Å². The van der Waals surface area contributed by atoms with Gasteiger partial charge in [0.2, 0.25) is 0 Å². The van der Waals surface area contributed by atoms with Gasteiger partial charge in [0.15, 0.2) is 0 Å². The normalized spacial score (nSPS) is 36.5. The van der Waals surface area contributed by atoms with E-state index < -0.39 is 29.3 Å². The third kappa shape index (κ3) is 2.27. The molecule has 1 aliphatic heterocycles. The number of hydrogen-bond donors (Lipinski definition) is 1. The smallest absolute Gasteiger partial charge is 0.402 e. The first-order chi connectivity index (χ1) is 8.64. The first kappa shape index (κ1) is 15.0. The van der Waals surface area contributed by atoms with E-state index in [0.29, 0.717) is 5.57 Å². The summed E-state index contributed by atoms with van der Waals surface area (Å²) in [7, 11) is -0.847. The Kier molecular flexibility index (Phi) is 3.63. The zero-order chi connectivity index (χ0) is 14.5. The minimum absolute atomic E-state index is 0.124. The van der Waals surface area contributed by atoms with Crippen molar-refractivity contribution in [1.29, 1.82) is 0 Å². The second-order valence-corrected chi connectivity index (χ2v) is 6.74. The summed E-state index contributed by atoms with van der Waals surface area (Å²) in [5.41, 5.74) is 4.90. The zero-order valence-electron chi connectivity index (χ0n) is 11.7. The lowest BCUT2D eigenvalue weighted by Gasteiger charge is -2.32. The van der Waals surface area contributed by atoms with Crippen LogP contribution in [0.3, 0.4) is 0 Å². The van der Waals surface area contributed by atoms with Gasteiger partial charge in [0, 0.05) is 6.54 Å². The fourth-order valence-electron chi connectivity index (χ4n) is 2.17. The van der Waals surface area contributed by atoms with Crippen LogP contribution in [0.2, 0.25) is 0 Å². The Labute approximate surface area is 119 Å². The van der Waals surface area contributed by atoms with Crippen molar-refractivity contribution in [3.63, 3.8) is 0 Å². The van der Waals surface area contributed by atoms with Crippen LogP contribution in [-0.4, -0.2) is 35.8 Å². The minimum Gasteiger partial charge on any atom is -0.402 e. The fourth-order valence-corrected chi connectivity index (χ4v) is 2.47. The van der Waals surface area contributed by atoms with Gasteiger partial charge in [-0.3, -0.25) is 0 Å². The van der Waals surface area contributed by atoms with Gasteiger partial charge in [-0.2, -0.15) is 0 Å². The highest BCUT2D eigenvalue weighted by atomic mass is 35.5. The molecule has 19 heavy (non-hydrogen) atoms. The second kappa shape index (κ2) is 4.59. The molecule has 0 spiro atoms. The number of nitrogens with two attached hydrogens (primary N) is 1. The first-order valence-electron chi connectivity index (χ1n) is 6.41. The molecule has 0 bridgehead atoms. The van der Waals surface area contributed by atoms with E-state index in [1.165, 1.54) is 0 Å². The van der Waals surface area contributed by atoms with E-state index in [9.17, 15) is 4.39 Å². The van der Waals surface area contributed by atoms with Gasteiger partial charge in [0.1, 0.15) is 10.9 Å². The summed E-state index contributed by atoms with van der Waals surface area (Å²) < 4.78 is 24.9. The van der Waals surface area contributed by atoms with Crippen molar-refractivity contribution in [1.82, 2.24) is 0 Å². The largest absolute Gasteiger partial charge is 0.487 e. The predicted octanol–water partition coefficient (Wildman–Crippen LogP) is 2.39. The van der Waals surface area contributed by atoms with Crippen molar-refractivity contribution >= 4 is 18.7 Å². The lowest BCUT2D eigenvalue weighted by Crippen LogP contribution is -2.51. The molecule has 2 unspecified atom stereocenters. The van der Waals surface area contributed by atoms with Crippen LogP contribution in [0.25, 0.3) is 0 Å². The number of halogens is 2. The van der Waals surface area contributed by atoms with Gasteiger partial charge in [-0.05, 0) is 33.3 Å². The summed E-state index contributed by atoms with van der Waals surface area (Å²) in [5, 5.41) is 0. The first-order valence-corrected chi connectivity index (χ1v) is 6.79. The molecule has 0 amide bonds. The van der Waals surface area contributed by atoms with E-state index >= 15 is 0 Å². The van der Waals surface area contributed by atoms with Gasteiger partial charge < -0.3 is 15.0 Å². The molecular formula is C13H20BClFNO2. The SMILES string of the molecule is CC1(C)OB(C2(Cl)C=CC=C(CN)C2F)OC1(C)C. The second-order valence-electron chi connectivity index (χ2n) is 6.08. The molecule has 2 atom stereocenters. The molecule has 0 aromatic carbocycles. The molecule has 1 heterocycles. The quantitative estimate of drug-likeness (QED) is 0.626. The van der Waals surface area contributed by atoms with Crippen LogP contribution >= 0.6 is 11.6 Å². The number of hydrogen-bond acceptors (Lipinski definition) is 3. The van der Waals surface area contributed by atoms with Crippen molar-refractivity contribution in [2.45, 2.75) is 49.8 Å². The molecule has 1 saturated heterocycles. The maximum Gasteiger partial charge on any atom is 0.487 e. The van der Waals surface area contributed by atoms with E-state index in [2.05, 4.69) is 0 Å². The molecule has 0 saturated carbocycles. The van der Waals surface area contributed by atoms with E-state index in [1.54, 1.807) is 18.2 Å². The molecule has 106 valence electrons. The third-order valence-corrected chi connectivity index (χ3v) is 4.72. The molecule has 2 N–H and O–H groups in total. The molecule has 6 heteroatoms. The average molecular weight is 288 g/mol. The lowest BCUT2D eigenvalue weighted by atomic mass is 9.65. The maximum absolute atomic E-state index is 14.6. The Hall–Kier alpha value is -0.355. The highest BCUT2D eigenvalue weighted by molar-refractivity contribution is 6.65. The van der Waals surface area contributed by atoms with Gasteiger partial charge in [-0.1, -0.05) is 18.2 Å². The summed E-state index contributed by atoms with van der Waals surface area (Å²) in [6.07, 6.45) is 3.52. The van der Waals surface area contributed by atoms with Crippen LogP contribution in [0.15, 0.2) is 23.8 Å². The monoisotopic (exact) mass is 287 g/mol. The van der Waals surface area contributed by atoms with Crippen molar-refractivity contribution < 1.29 is 13.7 Å². The van der Waals surface area contributed by atoms with Crippen LogP contribution in [0, 0.1) is 0 Å². The highest BCUT2D eigenvalue weighted by Gasteiger charge is 2.62. The van der Waals surface area contributed by atoms with E-state index in [1.807, 2.05) is 27.7 Å². The van der Waals surface area contributed by atoms with Gasteiger partial charge in [-0.25, -0.2) is 4.39 Å². The van der Waals surface area contributed by atoms with Crippen molar-refractivity contribution in [2.75, 3.05) is 6.54 Å². The average Bonchev–Trinajstić information content (AvgIpc) is 2.53. The molecule has 2 aliphatic rings. The Morgan fingerprint density at radius 2 is 1.84 bits per heavy atom. The molecule has 0 aromatic heterocycles. The number of allylic oxidation sites excluding steroid dienone is 3. The fraction of sp³-hybridized carbons (Fsp3) is 0.692. The molecule has 1 aliphatic carbocycles. The van der Waals surface area contributed by atoms with Crippen LogP contribution in [0.4, 0.5) is 4.39 Å². The summed E-state index contributed by atoms with van der Waals surface area (Å²) in [6.45, 7) is 7.76. The lowest BCUT2D eigenvalue weighted by molar-refractivity contribution is 0.00578. The van der Waals surface area contributed by atoms with E-state index in [0.717, 1.165) is 0 Å². The van der Waals surface area contributed by atoms with Crippen LogP contribution in [0.1, 0.15) is 27.7 Å². The third-order valence-electron chi connectivity index (χ3n) is 4.23.